The second kappa shape index (κ2) is 4.85. The SMILES string of the molecule is C[C@@H]1CC(=O)CCCN1C(=O)OC(C)(C)C. The van der Waals surface area contributed by atoms with Gasteiger partial charge < -0.3 is 9.64 Å². The Labute approximate surface area is 96.9 Å². The summed E-state index contributed by atoms with van der Waals surface area (Å²) in [7, 11) is 0. The molecular formula is C12H21NO3. The molecule has 92 valence electrons. The van der Waals surface area contributed by atoms with Gasteiger partial charge in [0.1, 0.15) is 11.4 Å². The maximum Gasteiger partial charge on any atom is 0.410 e. The van der Waals surface area contributed by atoms with Gasteiger partial charge in [-0.1, -0.05) is 0 Å². The van der Waals surface area contributed by atoms with Crippen molar-refractivity contribution >= 4 is 11.9 Å². The van der Waals surface area contributed by atoms with E-state index in [9.17, 15) is 9.59 Å². The van der Waals surface area contributed by atoms with Gasteiger partial charge in [0.05, 0.1) is 0 Å². The Balaban J connectivity index is 2.64. The zero-order valence-corrected chi connectivity index (χ0v) is 10.6. The molecule has 0 aromatic heterocycles. The Hall–Kier alpha value is -1.06. The monoisotopic (exact) mass is 227 g/mol. The van der Waals surface area contributed by atoms with Gasteiger partial charge in [-0.2, -0.15) is 0 Å². The lowest BCUT2D eigenvalue weighted by molar-refractivity contribution is -0.119. The summed E-state index contributed by atoms with van der Waals surface area (Å²) in [6, 6.07) is -0.0511. The molecule has 1 heterocycles. The Morgan fingerprint density at radius 2 is 2.06 bits per heavy atom. The van der Waals surface area contributed by atoms with Crippen LogP contribution in [-0.2, 0) is 9.53 Å². The van der Waals surface area contributed by atoms with Crippen molar-refractivity contribution in [1.82, 2.24) is 4.90 Å². The molecule has 0 N–H and O–H groups in total. The first kappa shape index (κ1) is 13.0. The van der Waals surface area contributed by atoms with Crippen LogP contribution in [0.1, 0.15) is 47.0 Å². The quantitative estimate of drug-likeness (QED) is 0.638. The molecule has 1 aliphatic heterocycles. The van der Waals surface area contributed by atoms with Crippen molar-refractivity contribution in [2.45, 2.75) is 58.6 Å². The number of nitrogens with zero attached hydrogens (tertiary/aromatic N) is 1. The zero-order valence-electron chi connectivity index (χ0n) is 10.6. The third-order valence-corrected chi connectivity index (χ3v) is 2.54. The molecule has 1 atom stereocenters. The molecule has 16 heavy (non-hydrogen) atoms. The van der Waals surface area contributed by atoms with Crippen molar-refractivity contribution in [2.24, 2.45) is 0 Å². The van der Waals surface area contributed by atoms with Gasteiger partial charge in [0.2, 0.25) is 0 Å². The molecule has 1 fully saturated rings. The lowest BCUT2D eigenvalue weighted by atomic mass is 10.1. The van der Waals surface area contributed by atoms with Crippen LogP contribution in [0.3, 0.4) is 0 Å². The van der Waals surface area contributed by atoms with E-state index in [1.807, 2.05) is 27.7 Å². The molecule has 0 aliphatic carbocycles. The van der Waals surface area contributed by atoms with E-state index in [-0.39, 0.29) is 17.9 Å². The summed E-state index contributed by atoms with van der Waals surface area (Å²) in [6.07, 6.45) is 1.44. The lowest BCUT2D eigenvalue weighted by Crippen LogP contribution is -2.42. The molecule has 1 rings (SSSR count). The van der Waals surface area contributed by atoms with Gasteiger partial charge in [-0.15, -0.1) is 0 Å². The van der Waals surface area contributed by atoms with Gasteiger partial charge in [-0.3, -0.25) is 4.79 Å². The van der Waals surface area contributed by atoms with Gasteiger partial charge in [-0.25, -0.2) is 4.79 Å². The highest BCUT2D eigenvalue weighted by atomic mass is 16.6. The standard InChI is InChI=1S/C12H21NO3/c1-9-8-10(14)6-5-7-13(9)11(15)16-12(2,3)4/h9H,5-8H2,1-4H3/t9-/m1/s1. The second-order valence-corrected chi connectivity index (χ2v) is 5.37. The number of carbonyl (C=O) groups is 2. The normalized spacial score (nSPS) is 22.9. The van der Waals surface area contributed by atoms with Gasteiger partial charge in [-0.05, 0) is 34.1 Å². The van der Waals surface area contributed by atoms with E-state index in [1.165, 1.54) is 0 Å². The Kier molecular flexibility index (Phi) is 3.94. The van der Waals surface area contributed by atoms with Crippen LogP contribution in [0.2, 0.25) is 0 Å². The maximum absolute atomic E-state index is 11.9. The fourth-order valence-corrected chi connectivity index (χ4v) is 1.80. The minimum Gasteiger partial charge on any atom is -0.444 e. The first-order valence-corrected chi connectivity index (χ1v) is 5.81. The van der Waals surface area contributed by atoms with Gasteiger partial charge in [0, 0.05) is 25.4 Å². The number of Topliss-reactive ketones (excluding diaryl/α,β-unsaturated/α-hetero) is 1. The molecule has 1 aliphatic rings. The molecule has 0 aromatic carbocycles. The Morgan fingerprint density at radius 1 is 1.44 bits per heavy atom. The predicted molar refractivity (Wildman–Crippen MR) is 61.3 cm³/mol. The average molecular weight is 227 g/mol. The molecule has 1 saturated heterocycles. The fourth-order valence-electron chi connectivity index (χ4n) is 1.80. The fraction of sp³-hybridized carbons (Fsp3) is 0.833. The van der Waals surface area contributed by atoms with Crippen LogP contribution in [0.15, 0.2) is 0 Å². The van der Waals surface area contributed by atoms with Crippen molar-refractivity contribution in [2.75, 3.05) is 6.54 Å². The first-order valence-electron chi connectivity index (χ1n) is 5.81. The molecule has 0 spiro atoms. The van der Waals surface area contributed by atoms with Gasteiger partial charge in [0.25, 0.3) is 0 Å². The summed E-state index contributed by atoms with van der Waals surface area (Å²) in [5, 5.41) is 0. The largest absolute Gasteiger partial charge is 0.444 e. The summed E-state index contributed by atoms with van der Waals surface area (Å²) in [6.45, 7) is 8.05. The van der Waals surface area contributed by atoms with Crippen LogP contribution in [0.4, 0.5) is 4.79 Å². The number of likely N-dealkylation sites (tertiary alicyclic amines) is 1. The molecule has 4 heteroatoms. The second-order valence-electron chi connectivity index (χ2n) is 5.37. The number of hydrogen-bond acceptors (Lipinski definition) is 3. The van der Waals surface area contributed by atoms with E-state index < -0.39 is 5.60 Å². The summed E-state index contributed by atoms with van der Waals surface area (Å²) in [5.74, 6) is 0.235. The van der Waals surface area contributed by atoms with Crippen LogP contribution >= 0.6 is 0 Å². The third-order valence-electron chi connectivity index (χ3n) is 2.54. The Bertz CT molecular complexity index is 280. The molecule has 0 aromatic rings. The maximum atomic E-state index is 11.9. The molecule has 0 saturated carbocycles. The number of hydrogen-bond donors (Lipinski definition) is 0. The van der Waals surface area contributed by atoms with Crippen LogP contribution in [0.5, 0.6) is 0 Å². The number of ether oxygens (including phenoxy) is 1. The first-order chi connectivity index (χ1) is 7.29. The number of carbonyl (C=O) groups excluding carboxylic acids is 2. The van der Waals surface area contributed by atoms with E-state index in [2.05, 4.69) is 0 Å². The summed E-state index contributed by atoms with van der Waals surface area (Å²) in [4.78, 5) is 24.9. The van der Waals surface area contributed by atoms with E-state index in [0.29, 0.717) is 19.4 Å². The minimum absolute atomic E-state index is 0.0511. The van der Waals surface area contributed by atoms with E-state index in [1.54, 1.807) is 4.90 Å². The number of amides is 1. The number of rotatable bonds is 0. The summed E-state index contributed by atoms with van der Waals surface area (Å²) < 4.78 is 5.31. The van der Waals surface area contributed by atoms with Crippen LogP contribution in [0, 0.1) is 0 Å². The van der Waals surface area contributed by atoms with Crippen molar-refractivity contribution in [3.8, 4) is 0 Å². The minimum atomic E-state index is -0.479. The third kappa shape index (κ3) is 3.83. The topological polar surface area (TPSA) is 46.6 Å². The van der Waals surface area contributed by atoms with E-state index in [4.69, 9.17) is 4.74 Å². The summed E-state index contributed by atoms with van der Waals surface area (Å²) in [5.41, 5.74) is -0.479. The smallest absolute Gasteiger partial charge is 0.410 e. The van der Waals surface area contributed by atoms with E-state index in [0.717, 1.165) is 6.42 Å². The Morgan fingerprint density at radius 3 is 2.62 bits per heavy atom. The molecule has 1 amide bonds. The highest BCUT2D eigenvalue weighted by molar-refractivity contribution is 5.80. The van der Waals surface area contributed by atoms with Crippen molar-refractivity contribution < 1.29 is 14.3 Å². The molecular weight excluding hydrogens is 206 g/mol. The molecule has 4 nitrogen and oxygen atoms in total. The summed E-state index contributed by atoms with van der Waals surface area (Å²) >= 11 is 0. The van der Waals surface area contributed by atoms with Crippen molar-refractivity contribution in [1.29, 1.82) is 0 Å². The highest BCUT2D eigenvalue weighted by Crippen LogP contribution is 2.17. The van der Waals surface area contributed by atoms with Crippen LogP contribution < -0.4 is 0 Å². The van der Waals surface area contributed by atoms with Crippen LogP contribution in [0.25, 0.3) is 0 Å². The number of ketones is 1. The lowest BCUT2D eigenvalue weighted by Gasteiger charge is -2.30. The molecule has 0 bridgehead atoms. The van der Waals surface area contributed by atoms with Crippen molar-refractivity contribution in [3.05, 3.63) is 0 Å². The van der Waals surface area contributed by atoms with Crippen LogP contribution in [-0.4, -0.2) is 35.0 Å². The van der Waals surface area contributed by atoms with Gasteiger partial charge >= 0.3 is 6.09 Å². The molecule has 0 radical (unpaired) electrons. The van der Waals surface area contributed by atoms with Gasteiger partial charge in [0.15, 0.2) is 0 Å². The van der Waals surface area contributed by atoms with Crippen molar-refractivity contribution in [3.63, 3.8) is 0 Å². The van der Waals surface area contributed by atoms with E-state index >= 15 is 0 Å². The predicted octanol–water partition coefficient (Wildman–Crippen LogP) is 2.37. The zero-order chi connectivity index (χ0) is 12.3. The highest BCUT2D eigenvalue weighted by Gasteiger charge is 2.28. The molecule has 0 unspecified atom stereocenters. The average Bonchev–Trinajstić information content (AvgIpc) is 2.23.